The molecule has 0 radical (unpaired) electrons. The monoisotopic (exact) mass is 537 g/mol. The number of nitriles is 1. The number of amides is 1. The quantitative estimate of drug-likeness (QED) is 0.499. The summed E-state index contributed by atoms with van der Waals surface area (Å²) in [4.78, 5) is 28.9. The van der Waals surface area contributed by atoms with Gasteiger partial charge in [0.25, 0.3) is 5.56 Å². The summed E-state index contributed by atoms with van der Waals surface area (Å²) in [6, 6.07) is 11.6. The molecule has 0 saturated carbocycles. The zero-order valence-electron chi connectivity index (χ0n) is 18.1. The molecule has 2 heterocycles. The highest BCUT2D eigenvalue weighted by atomic mass is 35.5. The Labute approximate surface area is 212 Å². The van der Waals surface area contributed by atoms with Gasteiger partial charge in [-0.3, -0.25) is 19.6 Å². The predicted octanol–water partition coefficient (Wildman–Crippen LogP) is 4.41. The lowest BCUT2D eigenvalue weighted by molar-refractivity contribution is -0.142. The fourth-order valence-electron chi connectivity index (χ4n) is 3.75. The first-order chi connectivity index (χ1) is 17.0. The summed E-state index contributed by atoms with van der Waals surface area (Å²) in [5, 5.41) is 9.63. The van der Waals surface area contributed by atoms with E-state index in [1.807, 2.05) is 6.07 Å². The van der Waals surface area contributed by atoms with Crippen molar-refractivity contribution in [3.8, 4) is 17.6 Å². The van der Waals surface area contributed by atoms with E-state index in [2.05, 4.69) is 15.8 Å². The number of alkyl halides is 3. The van der Waals surface area contributed by atoms with Crippen molar-refractivity contribution >= 4 is 29.1 Å². The lowest BCUT2D eigenvalue weighted by Crippen LogP contribution is -2.54. The van der Waals surface area contributed by atoms with Crippen LogP contribution in [0.1, 0.15) is 29.2 Å². The van der Waals surface area contributed by atoms with Gasteiger partial charge < -0.3 is 4.74 Å². The Kier molecular flexibility index (Phi) is 7.21. The van der Waals surface area contributed by atoms with Gasteiger partial charge in [0.15, 0.2) is 5.69 Å². The Hall–Kier alpha value is -3.59. The molecular weight excluding hydrogens is 522 g/mol. The van der Waals surface area contributed by atoms with Crippen LogP contribution in [-0.2, 0) is 17.5 Å². The number of hydrazine groups is 1. The van der Waals surface area contributed by atoms with Crippen molar-refractivity contribution in [2.45, 2.75) is 31.1 Å². The number of nitrogens with one attached hydrogen (secondary N) is 2. The van der Waals surface area contributed by atoms with E-state index in [4.69, 9.17) is 33.2 Å². The topological polar surface area (TPSA) is 109 Å². The van der Waals surface area contributed by atoms with E-state index >= 15 is 0 Å². The van der Waals surface area contributed by atoms with Crippen LogP contribution in [0, 0.1) is 11.3 Å². The Morgan fingerprint density at radius 3 is 2.53 bits per heavy atom. The highest BCUT2D eigenvalue weighted by Gasteiger charge is 2.39. The van der Waals surface area contributed by atoms with Crippen molar-refractivity contribution < 1.29 is 22.7 Å². The predicted molar refractivity (Wildman–Crippen MR) is 124 cm³/mol. The van der Waals surface area contributed by atoms with Gasteiger partial charge in [-0.15, -0.1) is 0 Å². The number of rotatable bonds is 5. The molecule has 2 aromatic carbocycles. The van der Waals surface area contributed by atoms with Crippen molar-refractivity contribution in [3.63, 3.8) is 0 Å². The molecule has 1 aliphatic rings. The molecule has 2 unspecified atom stereocenters. The van der Waals surface area contributed by atoms with Crippen LogP contribution in [0.3, 0.4) is 0 Å². The SMILES string of the molecule is N#Cc1cc(Cl)cc(Oc2c(C(F)(F)F)ncn(CC3CC(c4ccc(Cl)cc4)C(=O)NN3)c2=O)c1. The zero-order valence-corrected chi connectivity index (χ0v) is 19.7. The maximum absolute atomic E-state index is 13.6. The molecule has 186 valence electrons. The van der Waals surface area contributed by atoms with E-state index in [1.165, 1.54) is 12.1 Å². The lowest BCUT2D eigenvalue weighted by Gasteiger charge is -2.30. The van der Waals surface area contributed by atoms with E-state index in [0.717, 1.165) is 17.0 Å². The molecule has 3 aromatic rings. The van der Waals surface area contributed by atoms with Gasteiger partial charge in [-0.25, -0.2) is 10.4 Å². The highest BCUT2D eigenvalue weighted by Crippen LogP contribution is 2.35. The molecule has 1 aliphatic heterocycles. The molecule has 0 aliphatic carbocycles. The minimum absolute atomic E-state index is 0.0330. The van der Waals surface area contributed by atoms with Gasteiger partial charge in [0.2, 0.25) is 11.7 Å². The molecule has 2 atom stereocenters. The fourth-order valence-corrected chi connectivity index (χ4v) is 4.10. The summed E-state index contributed by atoms with van der Waals surface area (Å²) in [5.74, 6) is -2.17. The Morgan fingerprint density at radius 1 is 1.14 bits per heavy atom. The lowest BCUT2D eigenvalue weighted by atomic mass is 9.90. The average Bonchev–Trinajstić information content (AvgIpc) is 2.82. The number of carbonyl (C=O) groups excluding carboxylic acids is 1. The maximum Gasteiger partial charge on any atom is 0.437 e. The first-order valence-corrected chi connectivity index (χ1v) is 11.2. The van der Waals surface area contributed by atoms with Crippen LogP contribution in [0.2, 0.25) is 10.0 Å². The van der Waals surface area contributed by atoms with Crippen molar-refractivity contribution in [1.29, 1.82) is 5.26 Å². The van der Waals surface area contributed by atoms with E-state index in [0.29, 0.717) is 10.6 Å². The van der Waals surface area contributed by atoms with Gasteiger partial charge >= 0.3 is 6.18 Å². The van der Waals surface area contributed by atoms with Crippen LogP contribution in [-0.4, -0.2) is 21.5 Å². The van der Waals surface area contributed by atoms with Crippen LogP contribution in [0.15, 0.2) is 53.6 Å². The normalized spacial score (nSPS) is 17.8. The molecule has 0 bridgehead atoms. The largest absolute Gasteiger partial charge is 0.449 e. The number of ether oxygens (including phenoxy) is 1. The average molecular weight is 538 g/mol. The summed E-state index contributed by atoms with van der Waals surface area (Å²) in [5.41, 5.74) is 3.40. The number of hydrogen-bond acceptors (Lipinski definition) is 6. The molecule has 4 rings (SSSR count). The van der Waals surface area contributed by atoms with E-state index in [9.17, 15) is 22.8 Å². The van der Waals surface area contributed by atoms with Crippen molar-refractivity contribution in [3.05, 3.63) is 86.0 Å². The molecule has 1 fully saturated rings. The number of aromatic nitrogens is 2. The van der Waals surface area contributed by atoms with Gasteiger partial charge in [0.05, 0.1) is 23.9 Å². The summed E-state index contributed by atoms with van der Waals surface area (Å²) >= 11 is 11.8. The number of halogens is 5. The minimum Gasteiger partial charge on any atom is -0.449 e. The van der Waals surface area contributed by atoms with E-state index in [1.54, 1.807) is 24.3 Å². The smallest absolute Gasteiger partial charge is 0.437 e. The van der Waals surface area contributed by atoms with E-state index < -0.39 is 35.1 Å². The van der Waals surface area contributed by atoms with Crippen molar-refractivity contribution in [1.82, 2.24) is 20.4 Å². The summed E-state index contributed by atoms with van der Waals surface area (Å²) in [7, 11) is 0. The molecule has 13 heteroatoms. The van der Waals surface area contributed by atoms with Gasteiger partial charge in [0.1, 0.15) is 5.75 Å². The zero-order chi connectivity index (χ0) is 26.0. The Balaban J connectivity index is 1.65. The Morgan fingerprint density at radius 2 is 1.86 bits per heavy atom. The third kappa shape index (κ3) is 5.62. The summed E-state index contributed by atoms with van der Waals surface area (Å²) < 4.78 is 47.1. The molecule has 0 spiro atoms. The van der Waals surface area contributed by atoms with Gasteiger partial charge in [-0.1, -0.05) is 35.3 Å². The first kappa shape index (κ1) is 25.5. The molecular formula is C23H16Cl2F3N5O3. The molecule has 1 aromatic heterocycles. The van der Waals surface area contributed by atoms with Crippen LogP contribution in [0.5, 0.6) is 11.5 Å². The highest BCUT2D eigenvalue weighted by molar-refractivity contribution is 6.31. The third-order valence-corrected chi connectivity index (χ3v) is 5.88. The van der Waals surface area contributed by atoms with Gasteiger partial charge in [0, 0.05) is 22.6 Å². The van der Waals surface area contributed by atoms with Crippen molar-refractivity contribution in [2.24, 2.45) is 0 Å². The van der Waals surface area contributed by atoms with Crippen molar-refractivity contribution in [2.75, 3.05) is 0 Å². The van der Waals surface area contributed by atoms with Crippen LogP contribution in [0.25, 0.3) is 0 Å². The number of hydrogen-bond donors (Lipinski definition) is 2. The van der Waals surface area contributed by atoms with E-state index in [-0.39, 0.29) is 35.2 Å². The molecule has 8 nitrogen and oxygen atoms in total. The second-order valence-electron chi connectivity index (χ2n) is 7.94. The van der Waals surface area contributed by atoms with Crippen LogP contribution in [0.4, 0.5) is 13.2 Å². The second kappa shape index (κ2) is 10.2. The van der Waals surface area contributed by atoms with Crippen LogP contribution >= 0.6 is 23.2 Å². The second-order valence-corrected chi connectivity index (χ2v) is 8.81. The molecule has 2 N–H and O–H groups in total. The summed E-state index contributed by atoms with van der Waals surface area (Å²) in [6.07, 6.45) is -3.97. The van der Waals surface area contributed by atoms with Crippen LogP contribution < -0.4 is 21.1 Å². The molecule has 1 saturated heterocycles. The minimum atomic E-state index is -4.99. The maximum atomic E-state index is 13.6. The Bertz CT molecular complexity index is 1400. The third-order valence-electron chi connectivity index (χ3n) is 5.41. The van der Waals surface area contributed by atoms with Gasteiger partial charge in [-0.2, -0.15) is 18.4 Å². The number of nitrogens with zero attached hydrogens (tertiary/aromatic N) is 3. The first-order valence-electron chi connectivity index (χ1n) is 10.4. The number of benzene rings is 2. The summed E-state index contributed by atoms with van der Waals surface area (Å²) in [6.45, 7) is -0.121. The van der Waals surface area contributed by atoms with Gasteiger partial charge in [-0.05, 0) is 42.3 Å². The number of carbonyl (C=O) groups is 1. The molecule has 1 amide bonds. The standard InChI is InChI=1S/C23H16Cl2F3N5O3/c24-14-3-1-13(2-4-14)18-8-16(31-32-21(18)34)10-33-11-30-20(23(26,27)28)19(22(33)35)36-17-6-12(9-29)5-15(25)7-17/h1-7,11,16,18,31H,8,10H2,(H,32,34). The molecule has 36 heavy (non-hydrogen) atoms. The fraction of sp³-hybridized carbons (Fsp3) is 0.217.